The van der Waals surface area contributed by atoms with Crippen LogP contribution >= 0.6 is 11.3 Å². The molecule has 0 spiro atoms. The lowest BCUT2D eigenvalue weighted by molar-refractivity contribution is 0.0697. The number of fused-ring (bicyclic) bond motifs is 3. The molecule has 4 aromatic rings. The normalized spacial score (nSPS) is 16.9. The number of aryl methyl sites for hydroxylation is 1. The molecule has 0 fully saturated rings. The molecule has 0 saturated carbocycles. The van der Waals surface area contributed by atoms with Gasteiger partial charge in [0.2, 0.25) is 0 Å². The third-order valence-electron chi connectivity index (χ3n) is 6.44. The first-order valence-corrected chi connectivity index (χ1v) is 11.9. The number of hydrogen-bond acceptors (Lipinski definition) is 4. The van der Waals surface area contributed by atoms with Crippen molar-refractivity contribution in [3.63, 3.8) is 0 Å². The maximum Gasteiger partial charge on any atom is 0.335 e. The zero-order valence-corrected chi connectivity index (χ0v) is 19.0. The van der Waals surface area contributed by atoms with Gasteiger partial charge in [-0.2, -0.15) is 0 Å². The Labute approximate surface area is 199 Å². The Bertz CT molecular complexity index is 1640. The molecule has 0 saturated heterocycles. The molecule has 1 aliphatic heterocycles. The van der Waals surface area contributed by atoms with Gasteiger partial charge in [0.15, 0.2) is 4.80 Å². The van der Waals surface area contributed by atoms with Crippen molar-refractivity contribution in [1.29, 1.82) is 0 Å². The molecule has 6 rings (SSSR count). The number of rotatable bonds is 3. The van der Waals surface area contributed by atoms with Gasteiger partial charge in [-0.25, -0.2) is 9.79 Å². The Morgan fingerprint density at radius 3 is 2.47 bits per heavy atom. The van der Waals surface area contributed by atoms with E-state index in [-0.39, 0.29) is 17.2 Å². The molecule has 0 radical (unpaired) electrons. The predicted octanol–water partition coefficient (Wildman–Crippen LogP) is 4.02. The minimum atomic E-state index is -0.973. The molecule has 1 aromatic heterocycles. The van der Waals surface area contributed by atoms with Crippen LogP contribution in [-0.2, 0) is 6.42 Å². The molecule has 166 valence electrons. The van der Waals surface area contributed by atoms with Gasteiger partial charge < -0.3 is 5.11 Å². The van der Waals surface area contributed by atoms with Gasteiger partial charge in [0.25, 0.3) is 5.56 Å². The monoisotopic (exact) mass is 464 g/mol. The lowest BCUT2D eigenvalue weighted by Crippen LogP contribution is -2.38. The van der Waals surface area contributed by atoms with Crippen molar-refractivity contribution in [1.82, 2.24) is 4.57 Å². The first kappa shape index (κ1) is 20.6. The van der Waals surface area contributed by atoms with E-state index in [9.17, 15) is 9.59 Å². The smallest absolute Gasteiger partial charge is 0.335 e. The van der Waals surface area contributed by atoms with Crippen LogP contribution in [0.2, 0.25) is 0 Å². The number of carbonyl (C=O) groups is 1. The van der Waals surface area contributed by atoms with Crippen molar-refractivity contribution in [3.8, 4) is 0 Å². The second-order valence-electron chi connectivity index (χ2n) is 8.45. The van der Waals surface area contributed by atoms with E-state index in [2.05, 4.69) is 30.3 Å². The summed E-state index contributed by atoms with van der Waals surface area (Å²) >= 11 is 1.37. The van der Waals surface area contributed by atoms with Crippen LogP contribution < -0.4 is 14.9 Å². The zero-order chi connectivity index (χ0) is 23.2. The summed E-state index contributed by atoms with van der Waals surface area (Å²) in [7, 11) is 0. The fourth-order valence-electron chi connectivity index (χ4n) is 4.83. The van der Waals surface area contributed by atoms with Crippen molar-refractivity contribution in [2.24, 2.45) is 4.99 Å². The van der Waals surface area contributed by atoms with Crippen LogP contribution in [0, 0.1) is 0 Å². The quantitative estimate of drug-likeness (QED) is 0.498. The summed E-state index contributed by atoms with van der Waals surface area (Å²) in [6, 6.07) is 24.9. The molecule has 34 heavy (non-hydrogen) atoms. The van der Waals surface area contributed by atoms with E-state index in [1.165, 1.54) is 22.5 Å². The molecule has 1 N–H and O–H groups in total. The number of nitrogens with zero attached hydrogens (tertiary/aromatic N) is 2. The van der Waals surface area contributed by atoms with Crippen molar-refractivity contribution in [2.45, 2.75) is 18.9 Å². The van der Waals surface area contributed by atoms with Gasteiger partial charge in [-0.05, 0) is 53.3 Å². The SMILES string of the molecule is O=C(O)c1ccc(/C=c2/sc3n(c2=O)[C@H](c2ccccc2)C2=C(N=3)c3ccccc3CC2)cc1. The fourth-order valence-corrected chi connectivity index (χ4v) is 5.83. The lowest BCUT2D eigenvalue weighted by atomic mass is 9.83. The average Bonchev–Trinajstić information content (AvgIpc) is 3.18. The van der Waals surface area contributed by atoms with Crippen LogP contribution in [-0.4, -0.2) is 15.6 Å². The largest absolute Gasteiger partial charge is 0.478 e. The highest BCUT2D eigenvalue weighted by molar-refractivity contribution is 7.07. The topological polar surface area (TPSA) is 71.7 Å². The summed E-state index contributed by atoms with van der Waals surface area (Å²) in [6.07, 6.45) is 3.60. The van der Waals surface area contributed by atoms with Crippen LogP contribution in [0.3, 0.4) is 0 Å². The van der Waals surface area contributed by atoms with E-state index in [0.29, 0.717) is 9.33 Å². The molecule has 0 bridgehead atoms. The Balaban J connectivity index is 1.58. The predicted molar refractivity (Wildman–Crippen MR) is 133 cm³/mol. The van der Waals surface area contributed by atoms with Gasteiger partial charge in [0.05, 0.1) is 21.8 Å². The summed E-state index contributed by atoms with van der Waals surface area (Å²) in [6.45, 7) is 0. The van der Waals surface area contributed by atoms with Crippen LogP contribution in [0.15, 0.2) is 94.2 Å². The van der Waals surface area contributed by atoms with Crippen molar-refractivity contribution >= 4 is 29.1 Å². The van der Waals surface area contributed by atoms with E-state index in [0.717, 1.165) is 35.2 Å². The highest BCUT2D eigenvalue weighted by Gasteiger charge is 2.32. The maximum atomic E-state index is 13.7. The summed E-state index contributed by atoms with van der Waals surface area (Å²) < 4.78 is 2.40. The van der Waals surface area contributed by atoms with Crippen LogP contribution in [0.1, 0.15) is 45.1 Å². The Morgan fingerprint density at radius 2 is 1.71 bits per heavy atom. The number of aromatic nitrogens is 1. The molecule has 0 amide bonds. The summed E-state index contributed by atoms with van der Waals surface area (Å²) in [5, 5.41) is 9.15. The number of benzene rings is 3. The standard InChI is InChI=1S/C28H20N2O3S/c31-26-23(16-17-10-12-20(13-11-17)27(32)33)34-28-29-24-21-9-5-4-6-18(21)14-15-22(24)25(30(26)28)19-7-2-1-3-8-19/h1-13,16,25H,14-15H2,(H,32,33)/b23-16+/t25-/m1/s1. The fraction of sp³-hybridized carbons (Fsp3) is 0.107. The van der Waals surface area contributed by atoms with E-state index in [1.807, 2.05) is 34.9 Å². The van der Waals surface area contributed by atoms with Crippen LogP contribution in [0.25, 0.3) is 11.8 Å². The van der Waals surface area contributed by atoms with Crippen molar-refractivity contribution in [3.05, 3.63) is 132 Å². The Kier molecular flexibility index (Phi) is 4.89. The summed E-state index contributed by atoms with van der Waals surface area (Å²) in [4.78, 5) is 30.5. The van der Waals surface area contributed by atoms with Crippen LogP contribution in [0.4, 0.5) is 0 Å². The van der Waals surface area contributed by atoms with Gasteiger partial charge in [0.1, 0.15) is 0 Å². The lowest BCUT2D eigenvalue weighted by Gasteiger charge is -2.30. The molecule has 1 aliphatic carbocycles. The highest BCUT2D eigenvalue weighted by atomic mass is 32.1. The van der Waals surface area contributed by atoms with Crippen LogP contribution in [0.5, 0.6) is 0 Å². The van der Waals surface area contributed by atoms with E-state index >= 15 is 0 Å². The summed E-state index contributed by atoms with van der Waals surface area (Å²) in [5.41, 5.74) is 6.58. The Morgan fingerprint density at radius 1 is 0.971 bits per heavy atom. The zero-order valence-electron chi connectivity index (χ0n) is 18.1. The molecule has 5 nitrogen and oxygen atoms in total. The second-order valence-corrected chi connectivity index (χ2v) is 9.46. The number of carboxylic acid groups (broad SMARTS) is 1. The van der Waals surface area contributed by atoms with Gasteiger partial charge >= 0.3 is 5.97 Å². The van der Waals surface area contributed by atoms with Crippen molar-refractivity contribution < 1.29 is 9.90 Å². The minimum absolute atomic E-state index is 0.0784. The van der Waals surface area contributed by atoms with Gasteiger partial charge in [-0.1, -0.05) is 78.1 Å². The van der Waals surface area contributed by atoms with E-state index in [1.54, 1.807) is 24.3 Å². The summed E-state index contributed by atoms with van der Waals surface area (Å²) in [5.74, 6) is -0.973. The third kappa shape index (κ3) is 3.35. The van der Waals surface area contributed by atoms with Crippen molar-refractivity contribution in [2.75, 3.05) is 0 Å². The number of thiazole rings is 1. The average molecular weight is 465 g/mol. The first-order valence-electron chi connectivity index (χ1n) is 11.1. The second kappa shape index (κ2) is 8.08. The molecule has 3 aromatic carbocycles. The first-order chi connectivity index (χ1) is 16.6. The molecular formula is C28H20N2O3S. The molecular weight excluding hydrogens is 444 g/mol. The minimum Gasteiger partial charge on any atom is -0.478 e. The number of carboxylic acids is 1. The van der Waals surface area contributed by atoms with E-state index in [4.69, 9.17) is 10.1 Å². The molecule has 6 heteroatoms. The molecule has 0 unspecified atom stereocenters. The molecule has 1 atom stereocenters. The number of allylic oxidation sites excluding steroid dienone is 1. The number of aromatic carboxylic acids is 1. The highest BCUT2D eigenvalue weighted by Crippen LogP contribution is 2.41. The van der Waals surface area contributed by atoms with Gasteiger partial charge in [-0.3, -0.25) is 9.36 Å². The molecule has 2 heterocycles. The van der Waals surface area contributed by atoms with E-state index < -0.39 is 5.97 Å². The molecule has 2 aliphatic rings. The van der Waals surface area contributed by atoms with Gasteiger partial charge in [-0.15, -0.1) is 0 Å². The van der Waals surface area contributed by atoms with Gasteiger partial charge in [0, 0.05) is 5.56 Å². The third-order valence-corrected chi connectivity index (χ3v) is 7.43. The number of hydrogen-bond donors (Lipinski definition) is 1. The Hall–Kier alpha value is -4.03. The maximum absolute atomic E-state index is 13.7.